The predicted octanol–water partition coefficient (Wildman–Crippen LogP) is 4.19. The molecule has 3 aromatic heterocycles. The Hall–Kier alpha value is -4.44. The summed E-state index contributed by atoms with van der Waals surface area (Å²) in [6.45, 7) is 0.583. The van der Waals surface area contributed by atoms with Crippen LogP contribution in [-0.4, -0.2) is 59.2 Å². The third kappa shape index (κ3) is 8.35. The van der Waals surface area contributed by atoms with E-state index in [1.165, 1.54) is 31.4 Å². The van der Waals surface area contributed by atoms with Crippen LogP contribution in [0, 0.1) is 5.82 Å². The molecule has 6 N–H and O–H groups in total. The number of nitrogens with zero attached hydrogens (tertiary/aromatic N) is 5. The molecule has 4 aromatic rings. The van der Waals surface area contributed by atoms with Gasteiger partial charge >= 0.3 is 13.8 Å². The number of aliphatic hydroxyl groups is 1. The second-order valence-electron chi connectivity index (χ2n) is 9.44. The second kappa shape index (κ2) is 13.5. The SMILES string of the molecule is CNC(=O)c1nc(-c2cnn(CCCCO)c2)ccc1Nc1nc(Nc2ccc(CP(=O)(O)O)cc2F)ncc1C(F)(F)F. The lowest BCUT2D eigenvalue weighted by molar-refractivity contribution is -0.137. The molecular formula is C26H27F4N8O5P. The number of carbonyl (C=O) groups is 1. The van der Waals surface area contributed by atoms with Gasteiger partial charge in [-0.15, -0.1) is 0 Å². The number of alkyl halides is 3. The van der Waals surface area contributed by atoms with Crippen LogP contribution in [0.3, 0.4) is 0 Å². The van der Waals surface area contributed by atoms with E-state index in [9.17, 15) is 26.9 Å². The zero-order chi connectivity index (χ0) is 32.1. The predicted molar refractivity (Wildman–Crippen MR) is 151 cm³/mol. The summed E-state index contributed by atoms with van der Waals surface area (Å²) in [7, 11) is -3.13. The van der Waals surface area contributed by atoms with Crippen molar-refractivity contribution in [3.8, 4) is 11.3 Å². The number of benzene rings is 1. The first-order valence-electron chi connectivity index (χ1n) is 13.0. The molecule has 0 fully saturated rings. The van der Waals surface area contributed by atoms with E-state index in [-0.39, 0.29) is 29.2 Å². The van der Waals surface area contributed by atoms with Crippen LogP contribution in [-0.2, 0) is 23.4 Å². The molecule has 0 saturated carbocycles. The number of aliphatic hydroxyl groups excluding tert-OH is 1. The van der Waals surface area contributed by atoms with Crippen LogP contribution in [0.5, 0.6) is 0 Å². The first-order valence-corrected chi connectivity index (χ1v) is 14.7. The van der Waals surface area contributed by atoms with Gasteiger partial charge in [0.05, 0.1) is 29.4 Å². The highest BCUT2D eigenvalue weighted by Crippen LogP contribution is 2.40. The Morgan fingerprint density at radius 2 is 1.80 bits per heavy atom. The Labute approximate surface area is 247 Å². The number of aryl methyl sites for hydroxylation is 1. The summed E-state index contributed by atoms with van der Waals surface area (Å²) in [4.78, 5) is 42.7. The molecule has 0 unspecified atom stereocenters. The van der Waals surface area contributed by atoms with E-state index in [1.54, 1.807) is 10.9 Å². The Balaban J connectivity index is 1.66. The van der Waals surface area contributed by atoms with Crippen LogP contribution in [0.25, 0.3) is 11.3 Å². The number of aromatic nitrogens is 5. The summed E-state index contributed by atoms with van der Waals surface area (Å²) in [5.74, 6) is -2.86. The molecule has 0 atom stereocenters. The topological polar surface area (TPSA) is 187 Å². The third-order valence-electron chi connectivity index (χ3n) is 6.08. The first-order chi connectivity index (χ1) is 20.8. The molecule has 0 aliphatic rings. The molecule has 13 nitrogen and oxygen atoms in total. The molecule has 0 bridgehead atoms. The van der Waals surface area contributed by atoms with E-state index in [2.05, 4.69) is 36.0 Å². The van der Waals surface area contributed by atoms with E-state index in [0.717, 1.165) is 12.1 Å². The molecule has 234 valence electrons. The van der Waals surface area contributed by atoms with Crippen molar-refractivity contribution < 1.29 is 41.8 Å². The fraction of sp³-hybridized carbons (Fsp3) is 0.269. The zero-order valence-electron chi connectivity index (χ0n) is 23.0. The van der Waals surface area contributed by atoms with E-state index >= 15 is 0 Å². The van der Waals surface area contributed by atoms with Crippen LogP contribution in [0.1, 0.15) is 34.5 Å². The van der Waals surface area contributed by atoms with Crippen LogP contribution >= 0.6 is 7.60 Å². The molecule has 0 radical (unpaired) electrons. The molecule has 0 saturated heterocycles. The van der Waals surface area contributed by atoms with Crippen LogP contribution in [0.4, 0.5) is 40.7 Å². The van der Waals surface area contributed by atoms with Crippen molar-refractivity contribution in [3.05, 3.63) is 71.6 Å². The fourth-order valence-electron chi connectivity index (χ4n) is 4.00. The number of amides is 1. The van der Waals surface area contributed by atoms with Gasteiger partial charge in [-0.2, -0.15) is 23.3 Å². The van der Waals surface area contributed by atoms with E-state index in [1.807, 2.05) is 0 Å². The summed E-state index contributed by atoms with van der Waals surface area (Å²) in [6, 6.07) is 6.06. The van der Waals surface area contributed by atoms with Crippen molar-refractivity contribution in [2.45, 2.75) is 31.7 Å². The highest BCUT2D eigenvalue weighted by Gasteiger charge is 2.36. The summed E-state index contributed by atoms with van der Waals surface area (Å²) in [6.07, 6.45) is -0.667. The highest BCUT2D eigenvalue weighted by atomic mass is 31.2. The van der Waals surface area contributed by atoms with Crippen LogP contribution in [0.2, 0.25) is 0 Å². The molecular weight excluding hydrogens is 611 g/mol. The normalized spacial score (nSPS) is 11.8. The number of unbranched alkanes of at least 4 members (excludes halogenated alkanes) is 1. The molecule has 0 aliphatic heterocycles. The van der Waals surface area contributed by atoms with Crippen molar-refractivity contribution in [3.63, 3.8) is 0 Å². The Morgan fingerprint density at radius 1 is 1.05 bits per heavy atom. The standard InChI is InChI=1S/C26H27F4N8O5P/c1-31-24(40)22-21(7-6-19(34-22)16-11-33-38(13-16)8-2-3-9-39)35-23-17(26(28,29)30)12-32-25(37-23)36-20-5-4-15(10-18(20)27)14-44(41,42)43/h4-7,10-13,39H,2-3,8-9,14H2,1H3,(H,31,40)(H2,41,42,43)(H2,32,35,36,37). The van der Waals surface area contributed by atoms with E-state index < -0.39 is 49.0 Å². The molecule has 1 amide bonds. The molecule has 3 heterocycles. The highest BCUT2D eigenvalue weighted by molar-refractivity contribution is 7.50. The van der Waals surface area contributed by atoms with Gasteiger partial charge in [0.1, 0.15) is 17.2 Å². The maximum Gasteiger partial charge on any atom is 0.421 e. The zero-order valence-corrected chi connectivity index (χ0v) is 23.9. The molecule has 4 rings (SSSR count). The number of hydrogen-bond donors (Lipinski definition) is 6. The average molecular weight is 639 g/mol. The second-order valence-corrected chi connectivity index (χ2v) is 11.1. The van der Waals surface area contributed by atoms with Gasteiger partial charge in [0.25, 0.3) is 5.91 Å². The quantitative estimate of drug-likeness (QED) is 0.0742. The monoisotopic (exact) mass is 638 g/mol. The van der Waals surface area contributed by atoms with Gasteiger partial charge in [-0.1, -0.05) is 6.07 Å². The number of rotatable bonds is 12. The van der Waals surface area contributed by atoms with Gasteiger partial charge in [-0.25, -0.2) is 14.4 Å². The molecule has 44 heavy (non-hydrogen) atoms. The number of anilines is 4. The fourth-order valence-corrected chi connectivity index (χ4v) is 4.68. The Morgan fingerprint density at radius 3 is 2.45 bits per heavy atom. The lowest BCUT2D eigenvalue weighted by Crippen LogP contribution is -2.21. The van der Waals surface area contributed by atoms with Gasteiger partial charge in [0.2, 0.25) is 5.95 Å². The lowest BCUT2D eigenvalue weighted by Gasteiger charge is -2.17. The smallest absolute Gasteiger partial charge is 0.396 e. The van der Waals surface area contributed by atoms with Gasteiger partial charge in [-0.3, -0.25) is 14.0 Å². The van der Waals surface area contributed by atoms with Crippen molar-refractivity contribution in [1.29, 1.82) is 0 Å². The number of nitrogens with one attached hydrogen (secondary N) is 3. The minimum Gasteiger partial charge on any atom is -0.396 e. The number of hydrogen-bond acceptors (Lipinski definition) is 9. The van der Waals surface area contributed by atoms with Crippen molar-refractivity contribution in [1.82, 2.24) is 30.0 Å². The first kappa shape index (κ1) is 32.5. The number of pyridine rings is 1. The van der Waals surface area contributed by atoms with Crippen molar-refractivity contribution in [2.75, 3.05) is 24.3 Å². The number of carbonyl (C=O) groups excluding carboxylic acids is 1. The molecule has 0 aliphatic carbocycles. The maximum atomic E-state index is 14.6. The van der Waals surface area contributed by atoms with Gasteiger partial charge in [0, 0.05) is 38.2 Å². The number of halogens is 4. The Kier molecular flexibility index (Phi) is 9.94. The van der Waals surface area contributed by atoms with E-state index in [0.29, 0.717) is 36.8 Å². The van der Waals surface area contributed by atoms with Crippen LogP contribution in [0.15, 0.2) is 48.9 Å². The van der Waals surface area contributed by atoms with Crippen LogP contribution < -0.4 is 16.0 Å². The van der Waals surface area contributed by atoms with E-state index in [4.69, 9.17) is 14.9 Å². The van der Waals surface area contributed by atoms with Gasteiger partial charge in [0.15, 0.2) is 5.69 Å². The molecule has 18 heteroatoms. The van der Waals surface area contributed by atoms with Crippen molar-refractivity contribution >= 4 is 36.6 Å². The summed E-state index contributed by atoms with van der Waals surface area (Å²) >= 11 is 0. The third-order valence-corrected chi connectivity index (χ3v) is 6.85. The Bertz CT molecular complexity index is 1700. The minimum atomic E-state index is -4.92. The average Bonchev–Trinajstić information content (AvgIpc) is 3.42. The van der Waals surface area contributed by atoms with Gasteiger partial charge in [-0.05, 0) is 42.7 Å². The molecule has 0 spiro atoms. The molecule has 1 aromatic carbocycles. The summed E-state index contributed by atoms with van der Waals surface area (Å²) < 4.78 is 69.2. The van der Waals surface area contributed by atoms with Gasteiger partial charge < -0.3 is 30.8 Å². The minimum absolute atomic E-state index is 0.00352. The summed E-state index contributed by atoms with van der Waals surface area (Å²) in [5, 5.41) is 20.5. The lowest BCUT2D eigenvalue weighted by atomic mass is 10.1. The summed E-state index contributed by atoms with van der Waals surface area (Å²) in [5.41, 5.74) is -1.04. The maximum absolute atomic E-state index is 14.6. The van der Waals surface area contributed by atoms with Crippen molar-refractivity contribution in [2.24, 2.45) is 0 Å². The largest absolute Gasteiger partial charge is 0.421 e.